The van der Waals surface area contributed by atoms with Gasteiger partial charge in [-0.2, -0.15) is 0 Å². The summed E-state index contributed by atoms with van der Waals surface area (Å²) in [6.45, 7) is 2.25. The van der Waals surface area contributed by atoms with Crippen LogP contribution in [0.2, 0.25) is 5.02 Å². The third-order valence-corrected chi connectivity index (χ3v) is 3.53. The average Bonchev–Trinajstić information content (AvgIpc) is 2.57. The van der Waals surface area contributed by atoms with E-state index in [-0.39, 0.29) is 6.61 Å². The molecule has 1 heterocycles. The summed E-state index contributed by atoms with van der Waals surface area (Å²) in [5, 5.41) is 9.74. The number of hydrogen-bond acceptors (Lipinski definition) is 2. The van der Waals surface area contributed by atoms with E-state index in [2.05, 4.69) is 11.0 Å². The van der Waals surface area contributed by atoms with Crippen molar-refractivity contribution in [3.05, 3.63) is 28.8 Å². The normalized spacial score (nSPS) is 17.2. The molecule has 1 aliphatic heterocycles. The van der Waals surface area contributed by atoms with Crippen LogP contribution in [0.1, 0.15) is 31.2 Å². The van der Waals surface area contributed by atoms with Crippen LogP contribution in [-0.4, -0.2) is 18.2 Å². The molecule has 1 N–H and O–H groups in total. The lowest BCUT2D eigenvalue weighted by molar-refractivity contribution is 0.282. The van der Waals surface area contributed by atoms with E-state index in [1.54, 1.807) is 0 Å². The van der Waals surface area contributed by atoms with Gasteiger partial charge in [-0.15, -0.1) is 0 Å². The van der Waals surface area contributed by atoms with E-state index in [0.29, 0.717) is 5.02 Å². The molecule has 1 fully saturated rings. The standard InChI is InChI=1S/C13H18ClNO/c14-13-9-12(6-5-11(13)10-16)15-7-3-1-2-4-8-15/h5-6,9,16H,1-4,7-8,10H2. The fraction of sp³-hybridized carbons (Fsp3) is 0.538. The fourth-order valence-electron chi connectivity index (χ4n) is 2.19. The molecule has 1 aromatic rings. The van der Waals surface area contributed by atoms with Gasteiger partial charge in [-0.25, -0.2) is 0 Å². The zero-order valence-corrected chi connectivity index (χ0v) is 10.2. The molecule has 0 amide bonds. The van der Waals surface area contributed by atoms with Crippen LogP contribution in [0.5, 0.6) is 0 Å². The highest BCUT2D eigenvalue weighted by molar-refractivity contribution is 6.31. The highest BCUT2D eigenvalue weighted by Crippen LogP contribution is 2.25. The molecule has 88 valence electrons. The minimum atomic E-state index is 0.0130. The van der Waals surface area contributed by atoms with E-state index in [9.17, 15) is 0 Å². The molecule has 0 spiro atoms. The number of anilines is 1. The summed E-state index contributed by atoms with van der Waals surface area (Å²) in [7, 11) is 0. The van der Waals surface area contributed by atoms with E-state index in [1.807, 2.05) is 12.1 Å². The Morgan fingerprint density at radius 3 is 2.38 bits per heavy atom. The van der Waals surface area contributed by atoms with Gasteiger partial charge < -0.3 is 10.0 Å². The molecular formula is C13H18ClNO. The Morgan fingerprint density at radius 2 is 1.81 bits per heavy atom. The third-order valence-electron chi connectivity index (χ3n) is 3.18. The summed E-state index contributed by atoms with van der Waals surface area (Å²) in [6, 6.07) is 5.95. The van der Waals surface area contributed by atoms with Gasteiger partial charge in [0.25, 0.3) is 0 Å². The number of rotatable bonds is 2. The SMILES string of the molecule is OCc1ccc(N2CCCCCC2)cc1Cl. The minimum absolute atomic E-state index is 0.0130. The molecule has 3 heteroatoms. The maximum atomic E-state index is 9.07. The zero-order chi connectivity index (χ0) is 11.4. The van der Waals surface area contributed by atoms with Crippen molar-refractivity contribution in [2.45, 2.75) is 32.3 Å². The Morgan fingerprint density at radius 1 is 1.12 bits per heavy atom. The Hall–Kier alpha value is -0.730. The molecule has 2 nitrogen and oxygen atoms in total. The summed E-state index contributed by atoms with van der Waals surface area (Å²) >= 11 is 6.10. The lowest BCUT2D eigenvalue weighted by Crippen LogP contribution is -2.23. The predicted octanol–water partition coefficient (Wildman–Crippen LogP) is 3.21. The Bertz CT molecular complexity index is 346. The van der Waals surface area contributed by atoms with Crippen LogP contribution in [0.15, 0.2) is 18.2 Å². The second-order valence-corrected chi connectivity index (χ2v) is 4.74. The molecule has 2 rings (SSSR count). The maximum Gasteiger partial charge on any atom is 0.0696 e. The first-order valence-corrected chi connectivity index (χ1v) is 6.33. The molecule has 1 saturated heterocycles. The Kier molecular flexibility index (Phi) is 4.08. The average molecular weight is 240 g/mol. The molecular weight excluding hydrogens is 222 g/mol. The van der Waals surface area contributed by atoms with Crippen molar-refractivity contribution in [3.63, 3.8) is 0 Å². The third kappa shape index (κ3) is 2.69. The van der Waals surface area contributed by atoms with E-state index >= 15 is 0 Å². The molecule has 0 unspecified atom stereocenters. The molecule has 0 aliphatic carbocycles. The van der Waals surface area contributed by atoms with Gasteiger partial charge in [-0.1, -0.05) is 30.5 Å². The Labute approximate surface area is 102 Å². The largest absolute Gasteiger partial charge is 0.392 e. The number of aliphatic hydroxyl groups excluding tert-OH is 1. The lowest BCUT2D eigenvalue weighted by Gasteiger charge is -2.23. The van der Waals surface area contributed by atoms with Gasteiger partial charge in [-0.05, 0) is 30.5 Å². The van der Waals surface area contributed by atoms with E-state index in [4.69, 9.17) is 16.7 Å². The zero-order valence-electron chi connectivity index (χ0n) is 9.45. The first-order chi connectivity index (χ1) is 7.81. The Balaban J connectivity index is 2.16. The van der Waals surface area contributed by atoms with Crippen molar-refractivity contribution in [1.82, 2.24) is 0 Å². The van der Waals surface area contributed by atoms with E-state index in [0.717, 1.165) is 18.7 Å². The van der Waals surface area contributed by atoms with Crippen LogP contribution in [0.3, 0.4) is 0 Å². The summed E-state index contributed by atoms with van der Waals surface area (Å²) in [5.74, 6) is 0. The van der Waals surface area contributed by atoms with Gasteiger partial charge >= 0.3 is 0 Å². The first-order valence-electron chi connectivity index (χ1n) is 5.95. The van der Waals surface area contributed by atoms with Crippen molar-refractivity contribution in [3.8, 4) is 0 Å². The van der Waals surface area contributed by atoms with Gasteiger partial charge in [0, 0.05) is 23.8 Å². The topological polar surface area (TPSA) is 23.5 Å². The number of aliphatic hydroxyl groups is 1. The lowest BCUT2D eigenvalue weighted by atomic mass is 10.2. The van der Waals surface area contributed by atoms with Crippen LogP contribution in [0.4, 0.5) is 5.69 Å². The van der Waals surface area contributed by atoms with Crippen LogP contribution >= 0.6 is 11.6 Å². The molecule has 16 heavy (non-hydrogen) atoms. The van der Waals surface area contributed by atoms with Crippen molar-refractivity contribution in [2.24, 2.45) is 0 Å². The molecule has 1 aromatic carbocycles. The minimum Gasteiger partial charge on any atom is -0.392 e. The van der Waals surface area contributed by atoms with Gasteiger partial charge in [-0.3, -0.25) is 0 Å². The summed E-state index contributed by atoms with van der Waals surface area (Å²) in [5.41, 5.74) is 1.99. The van der Waals surface area contributed by atoms with E-state index < -0.39 is 0 Å². The van der Waals surface area contributed by atoms with Crippen molar-refractivity contribution < 1.29 is 5.11 Å². The van der Waals surface area contributed by atoms with Gasteiger partial charge in [0.15, 0.2) is 0 Å². The quantitative estimate of drug-likeness (QED) is 0.857. The number of hydrogen-bond donors (Lipinski definition) is 1. The molecule has 0 atom stereocenters. The van der Waals surface area contributed by atoms with Crippen molar-refractivity contribution in [2.75, 3.05) is 18.0 Å². The van der Waals surface area contributed by atoms with Crippen LogP contribution in [0.25, 0.3) is 0 Å². The second kappa shape index (κ2) is 5.55. The highest BCUT2D eigenvalue weighted by Gasteiger charge is 2.11. The van der Waals surface area contributed by atoms with Gasteiger partial charge in [0.1, 0.15) is 0 Å². The van der Waals surface area contributed by atoms with Gasteiger partial charge in [0.05, 0.1) is 6.61 Å². The molecule has 1 aliphatic rings. The van der Waals surface area contributed by atoms with Crippen LogP contribution < -0.4 is 4.90 Å². The molecule has 0 radical (unpaired) electrons. The van der Waals surface area contributed by atoms with Crippen molar-refractivity contribution in [1.29, 1.82) is 0 Å². The summed E-state index contributed by atoms with van der Waals surface area (Å²) in [6.07, 6.45) is 5.19. The molecule has 0 aromatic heterocycles. The number of benzene rings is 1. The monoisotopic (exact) mass is 239 g/mol. The molecule has 0 bridgehead atoms. The van der Waals surface area contributed by atoms with Crippen molar-refractivity contribution >= 4 is 17.3 Å². The maximum absolute atomic E-state index is 9.07. The van der Waals surface area contributed by atoms with Gasteiger partial charge in [0.2, 0.25) is 0 Å². The summed E-state index contributed by atoms with van der Waals surface area (Å²) < 4.78 is 0. The van der Waals surface area contributed by atoms with Crippen LogP contribution in [0, 0.1) is 0 Å². The highest BCUT2D eigenvalue weighted by atomic mass is 35.5. The molecule has 0 saturated carbocycles. The van der Waals surface area contributed by atoms with Crippen LogP contribution in [-0.2, 0) is 6.61 Å². The van der Waals surface area contributed by atoms with E-state index in [1.165, 1.54) is 31.4 Å². The number of nitrogens with zero attached hydrogens (tertiary/aromatic N) is 1. The predicted molar refractivity (Wildman–Crippen MR) is 68.1 cm³/mol. The summed E-state index contributed by atoms with van der Waals surface area (Å²) in [4.78, 5) is 2.39. The second-order valence-electron chi connectivity index (χ2n) is 4.34. The smallest absolute Gasteiger partial charge is 0.0696 e. The fourth-order valence-corrected chi connectivity index (χ4v) is 2.42. The number of halogens is 1. The first kappa shape index (κ1) is 11.7.